The van der Waals surface area contributed by atoms with E-state index >= 15 is 0 Å². The number of benzene rings is 1. The van der Waals surface area contributed by atoms with Crippen LogP contribution >= 0.6 is 15.9 Å². The lowest BCUT2D eigenvalue weighted by molar-refractivity contribution is -0.114. The first-order valence-corrected chi connectivity index (χ1v) is 5.67. The number of carbonyl (C=O) groups excluding carboxylic acids is 2. The lowest BCUT2D eigenvalue weighted by Gasteiger charge is -2.06. The number of alkyl halides is 1. The highest BCUT2D eigenvalue weighted by atomic mass is 79.9. The summed E-state index contributed by atoms with van der Waals surface area (Å²) in [4.78, 5) is 22.2. The maximum absolute atomic E-state index is 11.1. The van der Waals surface area contributed by atoms with E-state index in [9.17, 15) is 9.59 Å². The summed E-state index contributed by atoms with van der Waals surface area (Å²) in [5.41, 5.74) is 1.24. The van der Waals surface area contributed by atoms with Crippen LogP contribution in [0.4, 0.5) is 11.4 Å². The summed E-state index contributed by atoms with van der Waals surface area (Å²) in [6, 6.07) is 6.87. The number of amides is 2. The normalized spacial score (nSPS) is 9.31. The molecule has 4 nitrogen and oxygen atoms in total. The quantitative estimate of drug-likeness (QED) is 0.657. The van der Waals surface area contributed by atoms with Crippen molar-refractivity contribution in [3.8, 4) is 0 Å². The Labute approximate surface area is 102 Å². The number of hydrogen-bond donors (Lipinski definition) is 2. The lowest BCUT2D eigenvalue weighted by Crippen LogP contribution is -2.13. The van der Waals surface area contributed by atoms with Gasteiger partial charge >= 0.3 is 0 Å². The number of halogens is 1. The van der Waals surface area contributed by atoms with Crippen LogP contribution in [0.25, 0.3) is 0 Å². The SMILES string of the molecule is C=CC(=O)Nc1cccc(NC(=O)CBr)c1. The topological polar surface area (TPSA) is 58.2 Å². The molecule has 1 aromatic carbocycles. The van der Waals surface area contributed by atoms with Crippen molar-refractivity contribution in [1.29, 1.82) is 0 Å². The third-order valence-corrected chi connectivity index (χ3v) is 2.23. The van der Waals surface area contributed by atoms with Crippen LogP contribution in [-0.2, 0) is 9.59 Å². The largest absolute Gasteiger partial charge is 0.325 e. The van der Waals surface area contributed by atoms with Crippen molar-refractivity contribution in [2.45, 2.75) is 0 Å². The van der Waals surface area contributed by atoms with E-state index in [1.54, 1.807) is 24.3 Å². The molecule has 5 heteroatoms. The zero-order valence-electron chi connectivity index (χ0n) is 8.50. The molecule has 2 amide bonds. The Balaban J connectivity index is 2.74. The van der Waals surface area contributed by atoms with E-state index in [0.29, 0.717) is 11.4 Å². The molecule has 0 aliphatic carbocycles. The summed E-state index contributed by atoms with van der Waals surface area (Å²) in [5.74, 6) is -0.434. The smallest absolute Gasteiger partial charge is 0.247 e. The molecular weight excluding hydrogens is 272 g/mol. The first-order chi connectivity index (χ1) is 7.65. The van der Waals surface area contributed by atoms with Gasteiger partial charge in [0.15, 0.2) is 0 Å². The molecule has 0 bridgehead atoms. The van der Waals surface area contributed by atoms with Gasteiger partial charge in [-0.1, -0.05) is 28.6 Å². The van der Waals surface area contributed by atoms with Crippen molar-refractivity contribution >= 4 is 39.1 Å². The van der Waals surface area contributed by atoms with Gasteiger partial charge in [-0.3, -0.25) is 9.59 Å². The average Bonchev–Trinajstić information content (AvgIpc) is 2.29. The van der Waals surface area contributed by atoms with Gasteiger partial charge in [-0.15, -0.1) is 0 Å². The number of hydrogen-bond acceptors (Lipinski definition) is 2. The molecule has 0 unspecified atom stereocenters. The molecule has 0 saturated carbocycles. The van der Waals surface area contributed by atoms with Crippen molar-refractivity contribution in [3.05, 3.63) is 36.9 Å². The Morgan fingerprint density at radius 2 is 1.94 bits per heavy atom. The second kappa shape index (κ2) is 6.07. The summed E-state index contributed by atoms with van der Waals surface area (Å²) in [7, 11) is 0. The average molecular weight is 283 g/mol. The standard InChI is InChI=1S/C11H11BrN2O2/c1-2-10(15)13-8-4-3-5-9(6-8)14-11(16)7-12/h2-6H,1,7H2,(H,13,15)(H,14,16). The number of anilines is 2. The number of rotatable bonds is 4. The zero-order valence-corrected chi connectivity index (χ0v) is 10.1. The summed E-state index contributed by atoms with van der Waals surface area (Å²) in [6.07, 6.45) is 1.18. The first-order valence-electron chi connectivity index (χ1n) is 4.55. The molecule has 16 heavy (non-hydrogen) atoms. The number of carbonyl (C=O) groups is 2. The first kappa shape index (κ1) is 12.4. The van der Waals surface area contributed by atoms with Gasteiger partial charge in [0.2, 0.25) is 11.8 Å². The Morgan fingerprint density at radius 3 is 2.50 bits per heavy atom. The molecule has 84 valence electrons. The van der Waals surface area contributed by atoms with Crippen molar-refractivity contribution in [1.82, 2.24) is 0 Å². The fourth-order valence-corrected chi connectivity index (χ4v) is 1.20. The van der Waals surface area contributed by atoms with Crippen molar-refractivity contribution in [3.63, 3.8) is 0 Å². The zero-order chi connectivity index (χ0) is 12.0. The van der Waals surface area contributed by atoms with Gasteiger partial charge in [0.05, 0.1) is 5.33 Å². The molecule has 0 aromatic heterocycles. The van der Waals surface area contributed by atoms with Crippen LogP contribution in [-0.4, -0.2) is 17.1 Å². The number of nitrogens with one attached hydrogen (secondary N) is 2. The van der Waals surface area contributed by atoms with E-state index in [-0.39, 0.29) is 17.1 Å². The van der Waals surface area contributed by atoms with E-state index in [4.69, 9.17) is 0 Å². The monoisotopic (exact) mass is 282 g/mol. The van der Waals surface area contributed by atoms with Gasteiger partial charge in [-0.05, 0) is 24.3 Å². The maximum Gasteiger partial charge on any atom is 0.247 e. The summed E-state index contributed by atoms with van der Waals surface area (Å²) in [5, 5.41) is 5.50. The minimum Gasteiger partial charge on any atom is -0.325 e. The molecule has 0 heterocycles. The molecule has 1 rings (SSSR count). The van der Waals surface area contributed by atoms with E-state index in [1.165, 1.54) is 6.08 Å². The molecule has 2 N–H and O–H groups in total. The van der Waals surface area contributed by atoms with E-state index < -0.39 is 0 Å². The van der Waals surface area contributed by atoms with E-state index in [0.717, 1.165) is 0 Å². The molecule has 0 spiro atoms. The predicted molar refractivity (Wildman–Crippen MR) is 67.7 cm³/mol. The molecule has 1 aromatic rings. The van der Waals surface area contributed by atoms with Crippen LogP contribution in [0.1, 0.15) is 0 Å². The molecular formula is C11H11BrN2O2. The minimum absolute atomic E-state index is 0.146. The summed E-state index contributed by atoms with van der Waals surface area (Å²) < 4.78 is 0. The summed E-state index contributed by atoms with van der Waals surface area (Å²) in [6.45, 7) is 3.35. The summed E-state index contributed by atoms with van der Waals surface area (Å²) >= 11 is 3.05. The Morgan fingerprint density at radius 1 is 1.31 bits per heavy atom. The van der Waals surface area contributed by atoms with Gasteiger partial charge in [-0.2, -0.15) is 0 Å². The maximum atomic E-state index is 11.1. The molecule has 0 aliphatic rings. The molecule has 0 saturated heterocycles. The van der Waals surface area contributed by atoms with Crippen molar-refractivity contribution in [2.24, 2.45) is 0 Å². The van der Waals surface area contributed by atoms with Gasteiger partial charge in [0.25, 0.3) is 0 Å². The Hall–Kier alpha value is -1.62. The van der Waals surface area contributed by atoms with Gasteiger partial charge in [0.1, 0.15) is 0 Å². The fraction of sp³-hybridized carbons (Fsp3) is 0.0909. The predicted octanol–water partition coefficient (Wildman–Crippen LogP) is 2.14. The highest BCUT2D eigenvalue weighted by molar-refractivity contribution is 9.09. The third kappa shape index (κ3) is 3.86. The Kier molecular flexibility index (Phi) is 4.72. The van der Waals surface area contributed by atoms with Crippen LogP contribution in [0, 0.1) is 0 Å². The molecule has 0 aliphatic heterocycles. The van der Waals surface area contributed by atoms with Gasteiger partial charge < -0.3 is 10.6 Å². The van der Waals surface area contributed by atoms with Crippen LogP contribution in [0.2, 0.25) is 0 Å². The van der Waals surface area contributed by atoms with Crippen LogP contribution < -0.4 is 10.6 Å². The fourth-order valence-electron chi connectivity index (χ4n) is 1.06. The van der Waals surface area contributed by atoms with Crippen LogP contribution in [0.15, 0.2) is 36.9 Å². The molecule has 0 fully saturated rings. The Bertz CT molecular complexity index is 418. The minimum atomic E-state index is -0.288. The highest BCUT2D eigenvalue weighted by Gasteiger charge is 2.01. The van der Waals surface area contributed by atoms with Crippen molar-refractivity contribution < 1.29 is 9.59 Å². The molecule has 0 radical (unpaired) electrons. The van der Waals surface area contributed by atoms with Crippen LogP contribution in [0.5, 0.6) is 0 Å². The van der Waals surface area contributed by atoms with E-state index in [2.05, 4.69) is 33.1 Å². The van der Waals surface area contributed by atoms with Gasteiger partial charge in [0, 0.05) is 11.4 Å². The lowest BCUT2D eigenvalue weighted by atomic mass is 10.2. The van der Waals surface area contributed by atoms with Crippen molar-refractivity contribution in [2.75, 3.05) is 16.0 Å². The van der Waals surface area contributed by atoms with Crippen LogP contribution in [0.3, 0.4) is 0 Å². The second-order valence-corrected chi connectivity index (χ2v) is 3.52. The third-order valence-electron chi connectivity index (χ3n) is 1.72. The van der Waals surface area contributed by atoms with E-state index in [1.807, 2.05) is 0 Å². The second-order valence-electron chi connectivity index (χ2n) is 2.96. The van der Waals surface area contributed by atoms with Gasteiger partial charge in [-0.25, -0.2) is 0 Å². The highest BCUT2D eigenvalue weighted by Crippen LogP contribution is 2.15. The molecule has 0 atom stereocenters.